The molecular formula is C9H10ClN2O+. The predicted molar refractivity (Wildman–Crippen MR) is 50.2 cm³/mol. The van der Waals surface area contributed by atoms with Crippen LogP contribution < -0.4 is 10.5 Å². The van der Waals surface area contributed by atoms with Gasteiger partial charge in [-0.25, -0.2) is 4.99 Å². The Bertz CT molecular complexity index is 334. The second kappa shape index (κ2) is 3.36. The molecule has 2 N–H and O–H groups in total. The molecule has 3 nitrogen and oxygen atoms in total. The summed E-state index contributed by atoms with van der Waals surface area (Å²) in [5, 5.41) is 0.733. The van der Waals surface area contributed by atoms with Crippen molar-refractivity contribution < 1.29 is 9.83 Å². The van der Waals surface area contributed by atoms with Crippen LogP contribution in [0, 0.1) is 0 Å². The second-order valence-electron chi connectivity index (χ2n) is 2.89. The summed E-state index contributed by atoms with van der Waals surface area (Å²) < 4.78 is 0. The van der Waals surface area contributed by atoms with Gasteiger partial charge in [0.1, 0.15) is 0 Å². The maximum atomic E-state index is 5.77. The predicted octanol–water partition coefficient (Wildman–Crippen LogP) is 0.0480. The van der Waals surface area contributed by atoms with Crippen molar-refractivity contribution in [3.05, 3.63) is 34.9 Å². The summed E-state index contributed by atoms with van der Waals surface area (Å²) in [5.41, 5.74) is 3.84. The maximum absolute atomic E-state index is 5.77. The molecule has 0 saturated heterocycles. The third kappa shape index (κ3) is 1.82. The third-order valence-electron chi connectivity index (χ3n) is 1.82. The monoisotopic (exact) mass is 197 g/mol. The SMILES string of the molecule is C[C@@H]1[NH+]=C(c2ccc(Cl)cc2)NO1. The van der Waals surface area contributed by atoms with Crippen molar-refractivity contribution >= 4 is 17.4 Å². The van der Waals surface area contributed by atoms with Crippen LogP contribution in [0.1, 0.15) is 12.5 Å². The van der Waals surface area contributed by atoms with Crippen LogP contribution in [-0.2, 0) is 4.84 Å². The Morgan fingerprint density at radius 2 is 2.08 bits per heavy atom. The summed E-state index contributed by atoms with van der Waals surface area (Å²) in [6.07, 6.45) is 0.00526. The van der Waals surface area contributed by atoms with Crippen LogP contribution in [0.15, 0.2) is 24.3 Å². The smallest absolute Gasteiger partial charge is 0.242 e. The fourth-order valence-corrected chi connectivity index (χ4v) is 1.29. The maximum Gasteiger partial charge on any atom is 0.307 e. The Morgan fingerprint density at radius 3 is 2.62 bits per heavy atom. The van der Waals surface area contributed by atoms with Crippen LogP contribution in [0.25, 0.3) is 0 Å². The van der Waals surface area contributed by atoms with Crippen molar-refractivity contribution in [2.45, 2.75) is 13.2 Å². The van der Waals surface area contributed by atoms with Crippen LogP contribution in [-0.4, -0.2) is 12.1 Å². The molecule has 1 aliphatic heterocycles. The van der Waals surface area contributed by atoms with E-state index in [9.17, 15) is 0 Å². The van der Waals surface area contributed by atoms with Gasteiger partial charge in [-0.3, -0.25) is 0 Å². The second-order valence-corrected chi connectivity index (χ2v) is 3.32. The fourth-order valence-electron chi connectivity index (χ4n) is 1.17. The average Bonchev–Trinajstić information content (AvgIpc) is 2.53. The molecule has 1 atom stereocenters. The first-order chi connectivity index (χ1) is 6.25. The summed E-state index contributed by atoms with van der Waals surface area (Å²) in [5.74, 6) is 0.879. The number of hydroxylamine groups is 1. The molecule has 13 heavy (non-hydrogen) atoms. The quantitative estimate of drug-likeness (QED) is 0.668. The topological polar surface area (TPSA) is 35.2 Å². The zero-order valence-electron chi connectivity index (χ0n) is 7.17. The molecule has 0 fully saturated rings. The standard InChI is InChI=1S/C9H9ClN2O/c1-6-11-9(12-13-6)7-2-4-8(10)5-3-7/h2-6H,1H3,(H,11,12)/p+1/t6-/m1/s1. The third-order valence-corrected chi connectivity index (χ3v) is 2.07. The fraction of sp³-hybridized carbons (Fsp3) is 0.222. The molecule has 1 aliphatic rings. The molecule has 68 valence electrons. The van der Waals surface area contributed by atoms with Gasteiger partial charge < -0.3 is 0 Å². The minimum Gasteiger partial charge on any atom is -0.242 e. The van der Waals surface area contributed by atoms with E-state index in [1.165, 1.54) is 0 Å². The zero-order chi connectivity index (χ0) is 9.26. The van der Waals surface area contributed by atoms with E-state index in [0.29, 0.717) is 0 Å². The molecule has 1 heterocycles. The van der Waals surface area contributed by atoms with Gasteiger partial charge in [-0.15, -0.1) is 10.3 Å². The molecule has 1 aromatic carbocycles. The van der Waals surface area contributed by atoms with E-state index < -0.39 is 0 Å². The van der Waals surface area contributed by atoms with Crippen molar-refractivity contribution in [3.63, 3.8) is 0 Å². The molecule has 0 amide bonds. The van der Waals surface area contributed by atoms with Gasteiger partial charge in [0.15, 0.2) is 0 Å². The lowest BCUT2D eigenvalue weighted by Gasteiger charge is -1.93. The number of hydrogen-bond acceptors (Lipinski definition) is 2. The van der Waals surface area contributed by atoms with Crippen molar-refractivity contribution in [2.75, 3.05) is 0 Å². The summed E-state index contributed by atoms with van der Waals surface area (Å²) >= 11 is 5.77. The molecule has 0 radical (unpaired) electrons. The lowest BCUT2D eigenvalue weighted by Crippen LogP contribution is -2.76. The number of halogens is 1. The van der Waals surface area contributed by atoms with E-state index in [1.54, 1.807) is 0 Å². The number of amidine groups is 1. The van der Waals surface area contributed by atoms with Gasteiger partial charge >= 0.3 is 5.84 Å². The van der Waals surface area contributed by atoms with Crippen molar-refractivity contribution in [1.29, 1.82) is 0 Å². The van der Waals surface area contributed by atoms with Crippen molar-refractivity contribution in [2.24, 2.45) is 0 Å². The summed E-state index contributed by atoms with van der Waals surface area (Å²) in [4.78, 5) is 8.25. The van der Waals surface area contributed by atoms with Gasteiger partial charge in [0, 0.05) is 11.9 Å². The number of rotatable bonds is 1. The Hall–Kier alpha value is -1.06. The average molecular weight is 198 g/mol. The highest BCUT2D eigenvalue weighted by Gasteiger charge is 2.21. The first-order valence-corrected chi connectivity index (χ1v) is 4.44. The lowest BCUT2D eigenvalue weighted by atomic mass is 10.2. The Morgan fingerprint density at radius 1 is 1.38 bits per heavy atom. The molecule has 1 aromatic rings. The first kappa shape index (κ1) is 8.53. The molecule has 0 unspecified atom stereocenters. The van der Waals surface area contributed by atoms with E-state index in [2.05, 4.69) is 10.5 Å². The minimum atomic E-state index is 0.00526. The van der Waals surface area contributed by atoms with Crippen molar-refractivity contribution in [1.82, 2.24) is 5.48 Å². The van der Waals surface area contributed by atoms with Gasteiger partial charge in [0.2, 0.25) is 6.23 Å². The zero-order valence-corrected chi connectivity index (χ0v) is 7.93. The Kier molecular flexibility index (Phi) is 2.20. The highest BCUT2D eigenvalue weighted by atomic mass is 35.5. The van der Waals surface area contributed by atoms with E-state index in [4.69, 9.17) is 16.4 Å². The minimum absolute atomic E-state index is 0.00526. The lowest BCUT2D eigenvalue weighted by molar-refractivity contribution is -0.535. The van der Waals surface area contributed by atoms with Crippen LogP contribution in [0.3, 0.4) is 0 Å². The van der Waals surface area contributed by atoms with E-state index >= 15 is 0 Å². The largest absolute Gasteiger partial charge is 0.307 e. The highest BCUT2D eigenvalue weighted by Crippen LogP contribution is 2.08. The molecular weight excluding hydrogens is 188 g/mol. The normalized spacial score (nSPS) is 21.1. The summed E-state index contributed by atoms with van der Waals surface area (Å²) in [6, 6.07) is 7.55. The van der Waals surface area contributed by atoms with Gasteiger partial charge in [0.05, 0.1) is 5.56 Å². The number of benzene rings is 1. The molecule has 2 rings (SSSR count). The van der Waals surface area contributed by atoms with Crippen molar-refractivity contribution in [3.8, 4) is 0 Å². The van der Waals surface area contributed by atoms with Crippen LogP contribution in [0.4, 0.5) is 0 Å². The molecule has 0 bridgehead atoms. The molecule has 0 saturated carbocycles. The number of nitrogens with one attached hydrogen (secondary N) is 2. The molecule has 0 aromatic heterocycles. The summed E-state index contributed by atoms with van der Waals surface area (Å²) in [6.45, 7) is 1.93. The van der Waals surface area contributed by atoms with Crippen LogP contribution in [0.5, 0.6) is 0 Å². The van der Waals surface area contributed by atoms with Gasteiger partial charge in [0.25, 0.3) is 0 Å². The molecule has 4 heteroatoms. The molecule has 0 aliphatic carbocycles. The highest BCUT2D eigenvalue weighted by molar-refractivity contribution is 6.30. The van der Waals surface area contributed by atoms with Gasteiger partial charge in [-0.05, 0) is 24.3 Å². The van der Waals surface area contributed by atoms with E-state index in [-0.39, 0.29) is 6.23 Å². The van der Waals surface area contributed by atoms with Gasteiger partial charge in [-0.1, -0.05) is 11.6 Å². The number of hydrogen-bond donors (Lipinski definition) is 2. The molecule has 0 spiro atoms. The van der Waals surface area contributed by atoms with Crippen LogP contribution >= 0.6 is 11.6 Å². The van der Waals surface area contributed by atoms with Gasteiger partial charge in [-0.2, -0.15) is 0 Å². The summed E-state index contributed by atoms with van der Waals surface area (Å²) in [7, 11) is 0. The Labute approximate surface area is 81.3 Å². The van der Waals surface area contributed by atoms with E-state index in [0.717, 1.165) is 16.4 Å². The Balaban J connectivity index is 2.26. The van der Waals surface area contributed by atoms with Crippen LogP contribution in [0.2, 0.25) is 5.02 Å². The van der Waals surface area contributed by atoms with E-state index in [1.807, 2.05) is 31.2 Å². The first-order valence-electron chi connectivity index (χ1n) is 4.07.